The zero-order valence-electron chi connectivity index (χ0n) is 18.4. The Hall–Kier alpha value is -2.61. The SMILES string of the molecule is COCCCNC(=O)C[C@@H]1C[C@@]2(C(=O)OC)CCCCC=C2N(Cc2ccco2)C1=O. The molecular weight excluding hydrogens is 400 g/mol. The van der Waals surface area contributed by atoms with E-state index in [1.807, 2.05) is 6.08 Å². The molecule has 1 aliphatic carbocycles. The van der Waals surface area contributed by atoms with Crippen LogP contribution >= 0.6 is 0 Å². The van der Waals surface area contributed by atoms with Crippen molar-refractivity contribution < 1.29 is 28.3 Å². The number of furan rings is 1. The van der Waals surface area contributed by atoms with E-state index in [4.69, 9.17) is 13.9 Å². The molecule has 0 unspecified atom stereocenters. The predicted octanol–water partition coefficient (Wildman–Crippen LogP) is 2.79. The molecule has 1 aromatic rings. The van der Waals surface area contributed by atoms with Crippen LogP contribution in [0.3, 0.4) is 0 Å². The largest absolute Gasteiger partial charge is 0.468 e. The molecule has 1 aromatic heterocycles. The van der Waals surface area contributed by atoms with Crippen LogP contribution in [0.4, 0.5) is 0 Å². The molecule has 3 rings (SSSR count). The molecule has 2 heterocycles. The number of carbonyl (C=O) groups is 3. The first-order valence-corrected chi connectivity index (χ1v) is 10.9. The lowest BCUT2D eigenvalue weighted by Crippen LogP contribution is -2.53. The van der Waals surface area contributed by atoms with Crippen molar-refractivity contribution in [3.05, 3.63) is 35.9 Å². The quantitative estimate of drug-likeness (QED) is 0.476. The van der Waals surface area contributed by atoms with Gasteiger partial charge in [-0.3, -0.25) is 14.4 Å². The minimum absolute atomic E-state index is 0.0342. The summed E-state index contributed by atoms with van der Waals surface area (Å²) >= 11 is 0. The van der Waals surface area contributed by atoms with Crippen LogP contribution < -0.4 is 5.32 Å². The Morgan fingerprint density at radius 2 is 2.16 bits per heavy atom. The first kappa shape index (κ1) is 23.1. The zero-order chi connectivity index (χ0) is 22.3. The number of carbonyl (C=O) groups excluding carboxylic acids is 3. The molecule has 1 N–H and O–H groups in total. The van der Waals surface area contributed by atoms with Crippen LogP contribution in [0.5, 0.6) is 0 Å². The highest BCUT2D eigenvalue weighted by molar-refractivity contribution is 5.92. The van der Waals surface area contributed by atoms with Crippen molar-refractivity contribution >= 4 is 17.8 Å². The molecule has 0 radical (unpaired) electrons. The maximum Gasteiger partial charge on any atom is 0.317 e. The summed E-state index contributed by atoms with van der Waals surface area (Å²) in [4.78, 5) is 40.7. The number of fused-ring (bicyclic) bond motifs is 1. The second-order valence-electron chi connectivity index (χ2n) is 8.21. The van der Waals surface area contributed by atoms with E-state index in [0.29, 0.717) is 37.5 Å². The number of methoxy groups -OCH3 is 2. The number of rotatable bonds is 9. The highest BCUT2D eigenvalue weighted by Crippen LogP contribution is 2.49. The van der Waals surface area contributed by atoms with Crippen LogP contribution in [0.25, 0.3) is 0 Å². The Labute approximate surface area is 182 Å². The van der Waals surface area contributed by atoms with E-state index in [1.54, 1.807) is 30.4 Å². The fourth-order valence-electron chi connectivity index (χ4n) is 4.66. The number of nitrogens with one attached hydrogen (secondary N) is 1. The van der Waals surface area contributed by atoms with Crippen molar-refractivity contribution in [2.75, 3.05) is 27.4 Å². The van der Waals surface area contributed by atoms with Gasteiger partial charge in [0.05, 0.1) is 19.9 Å². The van der Waals surface area contributed by atoms with Gasteiger partial charge in [-0.25, -0.2) is 0 Å². The van der Waals surface area contributed by atoms with Crippen LogP contribution in [-0.4, -0.2) is 50.1 Å². The smallest absolute Gasteiger partial charge is 0.317 e. The first-order valence-electron chi connectivity index (χ1n) is 10.9. The Morgan fingerprint density at radius 1 is 1.32 bits per heavy atom. The third kappa shape index (κ3) is 5.18. The van der Waals surface area contributed by atoms with E-state index >= 15 is 0 Å². The van der Waals surface area contributed by atoms with E-state index in [1.165, 1.54) is 7.11 Å². The lowest BCUT2D eigenvalue weighted by molar-refractivity contribution is -0.160. The Bertz CT molecular complexity index is 803. The highest BCUT2D eigenvalue weighted by atomic mass is 16.5. The zero-order valence-corrected chi connectivity index (χ0v) is 18.4. The molecule has 0 aromatic carbocycles. The number of allylic oxidation sites excluding steroid dienone is 1. The molecule has 0 bridgehead atoms. The molecule has 31 heavy (non-hydrogen) atoms. The number of amides is 2. The minimum Gasteiger partial charge on any atom is -0.468 e. The second-order valence-corrected chi connectivity index (χ2v) is 8.21. The minimum atomic E-state index is -0.924. The maximum atomic E-state index is 13.5. The van der Waals surface area contributed by atoms with E-state index in [-0.39, 0.29) is 37.2 Å². The second kappa shape index (κ2) is 10.6. The Morgan fingerprint density at radius 3 is 2.87 bits per heavy atom. The Kier molecular flexibility index (Phi) is 7.90. The summed E-state index contributed by atoms with van der Waals surface area (Å²) in [6.45, 7) is 1.26. The standard InChI is InChI=1S/C23H32N2O6/c1-29-12-7-11-24-20(26)14-17-15-23(22(28)30-2)10-5-3-4-9-19(23)25(21(17)27)16-18-8-6-13-31-18/h6,8-9,13,17H,3-5,7,10-12,14-16H2,1-2H3,(H,24,26)/t17-,23+/m1/s1. The van der Waals surface area contributed by atoms with Gasteiger partial charge in [-0.15, -0.1) is 0 Å². The summed E-state index contributed by atoms with van der Waals surface area (Å²) < 4.78 is 15.7. The van der Waals surface area contributed by atoms with Gasteiger partial charge in [0, 0.05) is 38.3 Å². The number of piperidine rings is 1. The van der Waals surface area contributed by atoms with Gasteiger partial charge in [-0.2, -0.15) is 0 Å². The molecule has 0 spiro atoms. The molecule has 2 amide bonds. The molecule has 0 saturated carbocycles. The molecule has 170 valence electrons. The molecule has 1 saturated heterocycles. The van der Waals surface area contributed by atoms with Gasteiger partial charge in [-0.05, 0) is 44.2 Å². The number of esters is 1. The van der Waals surface area contributed by atoms with Gasteiger partial charge in [0.25, 0.3) is 0 Å². The van der Waals surface area contributed by atoms with Crippen LogP contribution in [0.2, 0.25) is 0 Å². The topological polar surface area (TPSA) is 98.1 Å². The van der Waals surface area contributed by atoms with Crippen molar-refractivity contribution in [3.8, 4) is 0 Å². The molecule has 8 heteroatoms. The summed E-state index contributed by atoms with van der Waals surface area (Å²) in [6.07, 6.45) is 7.75. The lowest BCUT2D eigenvalue weighted by atomic mass is 9.69. The van der Waals surface area contributed by atoms with E-state index < -0.39 is 11.3 Å². The maximum absolute atomic E-state index is 13.5. The van der Waals surface area contributed by atoms with Crippen molar-refractivity contribution in [3.63, 3.8) is 0 Å². The van der Waals surface area contributed by atoms with Crippen molar-refractivity contribution in [1.29, 1.82) is 0 Å². The number of ether oxygens (including phenoxy) is 2. The number of hydrogen-bond donors (Lipinski definition) is 1. The van der Waals surface area contributed by atoms with Crippen molar-refractivity contribution in [2.24, 2.45) is 11.3 Å². The number of likely N-dealkylation sites (tertiary alicyclic amines) is 1. The normalized spacial score (nSPS) is 23.5. The average molecular weight is 433 g/mol. The summed E-state index contributed by atoms with van der Waals surface area (Å²) in [7, 11) is 2.99. The van der Waals surface area contributed by atoms with Gasteiger partial charge in [-0.1, -0.05) is 12.5 Å². The molecule has 1 fully saturated rings. The van der Waals surface area contributed by atoms with Crippen LogP contribution in [-0.2, 0) is 30.4 Å². The van der Waals surface area contributed by atoms with Crippen LogP contribution in [0.15, 0.2) is 34.6 Å². The number of hydrogen-bond acceptors (Lipinski definition) is 6. The van der Waals surface area contributed by atoms with Crippen molar-refractivity contribution in [1.82, 2.24) is 10.2 Å². The summed E-state index contributed by atoms with van der Waals surface area (Å²) in [5.41, 5.74) is -0.234. The molecule has 2 aliphatic rings. The summed E-state index contributed by atoms with van der Waals surface area (Å²) in [5.74, 6) is -0.679. The number of nitrogens with zero attached hydrogens (tertiary/aromatic N) is 1. The third-order valence-corrected chi connectivity index (χ3v) is 6.14. The molecular formula is C23H32N2O6. The summed E-state index contributed by atoms with van der Waals surface area (Å²) in [6, 6.07) is 3.57. The fourth-order valence-corrected chi connectivity index (χ4v) is 4.66. The van der Waals surface area contributed by atoms with Gasteiger partial charge < -0.3 is 24.1 Å². The molecule has 8 nitrogen and oxygen atoms in total. The van der Waals surface area contributed by atoms with E-state index in [2.05, 4.69) is 5.32 Å². The van der Waals surface area contributed by atoms with Gasteiger partial charge in [0.2, 0.25) is 11.8 Å². The summed E-state index contributed by atoms with van der Waals surface area (Å²) in [5, 5.41) is 2.85. The Balaban J connectivity index is 1.87. The van der Waals surface area contributed by atoms with Gasteiger partial charge in [0.1, 0.15) is 11.2 Å². The van der Waals surface area contributed by atoms with E-state index in [9.17, 15) is 14.4 Å². The molecule has 2 atom stereocenters. The fraction of sp³-hybridized carbons (Fsp3) is 0.609. The first-order chi connectivity index (χ1) is 15.0. The average Bonchev–Trinajstić information content (AvgIpc) is 3.19. The lowest BCUT2D eigenvalue weighted by Gasteiger charge is -2.45. The third-order valence-electron chi connectivity index (χ3n) is 6.14. The van der Waals surface area contributed by atoms with Crippen LogP contribution in [0.1, 0.15) is 50.7 Å². The van der Waals surface area contributed by atoms with Gasteiger partial charge in [0.15, 0.2) is 0 Å². The van der Waals surface area contributed by atoms with Crippen molar-refractivity contribution in [2.45, 2.75) is 51.5 Å². The highest BCUT2D eigenvalue weighted by Gasteiger charge is 2.53. The van der Waals surface area contributed by atoms with E-state index in [0.717, 1.165) is 19.3 Å². The predicted molar refractivity (Wildman–Crippen MR) is 112 cm³/mol. The molecule has 1 aliphatic heterocycles. The van der Waals surface area contributed by atoms with Crippen LogP contribution in [0, 0.1) is 11.3 Å². The van der Waals surface area contributed by atoms with Gasteiger partial charge >= 0.3 is 5.97 Å². The monoisotopic (exact) mass is 432 g/mol.